The standard InChI is InChI=1S/C27H24FIN2O3S/c1-4-31-26(32)24(35-27(31)30-21-11-9-20(28)10-12-21)15-19-13-22(29)25(23(14-19)33-3)34-16-18-7-5-17(2)6-8-18/h5-15H,4,16H2,1-3H3/b24-15+,30-27?. The average molecular weight is 602 g/mol. The summed E-state index contributed by atoms with van der Waals surface area (Å²) in [6, 6.07) is 17.9. The minimum atomic E-state index is -0.327. The zero-order valence-corrected chi connectivity index (χ0v) is 22.5. The summed E-state index contributed by atoms with van der Waals surface area (Å²) in [6.45, 7) is 4.86. The van der Waals surface area contributed by atoms with Crippen LogP contribution in [0.2, 0.25) is 0 Å². The zero-order chi connectivity index (χ0) is 24.9. The van der Waals surface area contributed by atoms with E-state index in [0.29, 0.717) is 40.4 Å². The predicted octanol–water partition coefficient (Wildman–Crippen LogP) is 6.95. The first-order valence-corrected chi connectivity index (χ1v) is 12.9. The lowest BCUT2D eigenvalue weighted by Gasteiger charge is -2.14. The number of rotatable bonds is 7. The highest BCUT2D eigenvalue weighted by Crippen LogP contribution is 2.38. The number of carbonyl (C=O) groups excluding carboxylic acids is 1. The molecule has 8 heteroatoms. The molecule has 35 heavy (non-hydrogen) atoms. The maximum Gasteiger partial charge on any atom is 0.266 e. The number of methoxy groups -OCH3 is 1. The van der Waals surface area contributed by atoms with Gasteiger partial charge in [-0.25, -0.2) is 9.38 Å². The fourth-order valence-electron chi connectivity index (χ4n) is 3.45. The topological polar surface area (TPSA) is 51.1 Å². The third kappa shape index (κ3) is 6.05. The van der Waals surface area contributed by atoms with Crippen molar-refractivity contribution in [2.24, 2.45) is 4.99 Å². The van der Waals surface area contributed by atoms with Crippen molar-refractivity contribution in [2.45, 2.75) is 20.5 Å². The van der Waals surface area contributed by atoms with Crippen LogP contribution in [0.3, 0.4) is 0 Å². The quantitative estimate of drug-likeness (QED) is 0.217. The van der Waals surface area contributed by atoms with Crippen LogP contribution in [0.15, 0.2) is 70.6 Å². The Morgan fingerprint density at radius 2 is 1.83 bits per heavy atom. The van der Waals surface area contributed by atoms with Gasteiger partial charge in [-0.2, -0.15) is 0 Å². The molecular weight excluding hydrogens is 578 g/mol. The van der Waals surface area contributed by atoms with Gasteiger partial charge in [-0.05, 0) is 102 Å². The maximum atomic E-state index is 13.2. The van der Waals surface area contributed by atoms with Gasteiger partial charge in [-0.3, -0.25) is 9.69 Å². The van der Waals surface area contributed by atoms with Gasteiger partial charge in [-0.15, -0.1) is 0 Å². The lowest BCUT2D eigenvalue weighted by atomic mass is 10.1. The van der Waals surface area contributed by atoms with E-state index in [1.54, 1.807) is 24.1 Å². The van der Waals surface area contributed by atoms with Crippen LogP contribution in [0, 0.1) is 16.3 Å². The summed E-state index contributed by atoms with van der Waals surface area (Å²) < 4.78 is 25.8. The van der Waals surface area contributed by atoms with Crippen LogP contribution in [0.25, 0.3) is 6.08 Å². The number of hydrogen-bond acceptors (Lipinski definition) is 5. The molecule has 0 spiro atoms. The van der Waals surface area contributed by atoms with E-state index >= 15 is 0 Å². The Kier molecular flexibility index (Phi) is 8.12. The molecule has 1 aliphatic rings. The van der Waals surface area contributed by atoms with Crippen LogP contribution >= 0.6 is 34.4 Å². The Bertz CT molecular complexity index is 1290. The van der Waals surface area contributed by atoms with Crippen molar-refractivity contribution >= 4 is 57.2 Å². The van der Waals surface area contributed by atoms with Crippen molar-refractivity contribution in [2.75, 3.05) is 13.7 Å². The van der Waals surface area contributed by atoms with Crippen molar-refractivity contribution in [3.63, 3.8) is 0 Å². The Balaban J connectivity index is 1.58. The number of aliphatic imine (C=N–C) groups is 1. The van der Waals surface area contributed by atoms with E-state index in [4.69, 9.17) is 9.47 Å². The van der Waals surface area contributed by atoms with Gasteiger partial charge in [-0.1, -0.05) is 29.8 Å². The first-order valence-electron chi connectivity index (χ1n) is 11.0. The summed E-state index contributed by atoms with van der Waals surface area (Å²) in [6.07, 6.45) is 1.83. The molecule has 0 radical (unpaired) electrons. The summed E-state index contributed by atoms with van der Waals surface area (Å²) in [4.78, 5) is 19.7. The molecule has 3 aromatic rings. The van der Waals surface area contributed by atoms with Crippen molar-refractivity contribution in [3.05, 3.63) is 91.6 Å². The number of nitrogens with zero attached hydrogens (tertiary/aromatic N) is 2. The minimum absolute atomic E-state index is 0.118. The van der Waals surface area contributed by atoms with Crippen LogP contribution in [0.4, 0.5) is 10.1 Å². The third-order valence-corrected chi connectivity index (χ3v) is 7.12. The van der Waals surface area contributed by atoms with Crippen LogP contribution < -0.4 is 9.47 Å². The van der Waals surface area contributed by atoms with Gasteiger partial charge in [0.05, 0.1) is 21.3 Å². The lowest BCUT2D eigenvalue weighted by molar-refractivity contribution is -0.122. The van der Waals surface area contributed by atoms with Crippen LogP contribution in [-0.4, -0.2) is 29.6 Å². The predicted molar refractivity (Wildman–Crippen MR) is 148 cm³/mol. The van der Waals surface area contributed by atoms with Crippen molar-refractivity contribution < 1.29 is 18.7 Å². The molecule has 1 amide bonds. The number of halogens is 2. The van der Waals surface area contributed by atoms with Crippen LogP contribution in [0.1, 0.15) is 23.6 Å². The van der Waals surface area contributed by atoms with Gasteiger partial charge in [0.2, 0.25) is 0 Å². The van der Waals surface area contributed by atoms with Crippen molar-refractivity contribution in [3.8, 4) is 11.5 Å². The number of carbonyl (C=O) groups is 1. The third-order valence-electron chi connectivity index (χ3n) is 5.31. The number of amidine groups is 1. The molecule has 0 saturated carbocycles. The van der Waals surface area contributed by atoms with Gasteiger partial charge < -0.3 is 9.47 Å². The number of hydrogen-bond donors (Lipinski definition) is 0. The Hall–Kier alpha value is -2.85. The summed E-state index contributed by atoms with van der Waals surface area (Å²) in [5.74, 6) is 0.813. The second kappa shape index (κ2) is 11.3. The molecule has 0 aromatic heterocycles. The monoisotopic (exact) mass is 602 g/mol. The summed E-state index contributed by atoms with van der Waals surface area (Å²) >= 11 is 3.51. The molecule has 0 atom stereocenters. The highest BCUT2D eigenvalue weighted by Gasteiger charge is 2.32. The minimum Gasteiger partial charge on any atom is -0.493 e. The number of amides is 1. The van der Waals surface area contributed by atoms with Gasteiger partial charge in [0.15, 0.2) is 16.7 Å². The highest BCUT2D eigenvalue weighted by atomic mass is 127. The molecule has 1 aliphatic heterocycles. The second-order valence-corrected chi connectivity index (χ2v) is 10.0. The largest absolute Gasteiger partial charge is 0.493 e. The van der Waals surface area contributed by atoms with Gasteiger partial charge in [0.1, 0.15) is 12.4 Å². The molecule has 0 bridgehead atoms. The first kappa shape index (κ1) is 25.2. The highest BCUT2D eigenvalue weighted by molar-refractivity contribution is 14.1. The zero-order valence-electron chi connectivity index (χ0n) is 19.5. The molecular formula is C27H24FIN2O3S. The van der Waals surface area contributed by atoms with E-state index < -0.39 is 0 Å². The SMILES string of the molecule is CCN1C(=O)/C(=C\c2cc(I)c(OCc3ccc(C)cc3)c(OC)c2)SC1=Nc1ccc(F)cc1. The number of thioether (sulfide) groups is 1. The molecule has 0 aliphatic carbocycles. The molecule has 180 valence electrons. The second-order valence-electron chi connectivity index (χ2n) is 7.84. The fraction of sp³-hybridized carbons (Fsp3) is 0.185. The fourth-order valence-corrected chi connectivity index (χ4v) is 5.29. The Morgan fingerprint density at radius 3 is 2.49 bits per heavy atom. The molecule has 1 fully saturated rings. The van der Waals surface area contributed by atoms with Crippen molar-refractivity contribution in [1.29, 1.82) is 0 Å². The lowest BCUT2D eigenvalue weighted by Crippen LogP contribution is -2.28. The maximum absolute atomic E-state index is 13.2. The van der Waals surface area contributed by atoms with Gasteiger partial charge in [0.25, 0.3) is 5.91 Å². The van der Waals surface area contributed by atoms with Crippen LogP contribution in [0.5, 0.6) is 11.5 Å². The summed E-state index contributed by atoms with van der Waals surface area (Å²) in [5.41, 5.74) is 3.68. The molecule has 1 saturated heterocycles. The average Bonchev–Trinajstić information content (AvgIpc) is 3.14. The van der Waals surface area contributed by atoms with Gasteiger partial charge in [0, 0.05) is 6.54 Å². The number of ether oxygens (including phenoxy) is 2. The molecule has 5 nitrogen and oxygen atoms in total. The van der Waals surface area contributed by atoms with E-state index in [9.17, 15) is 9.18 Å². The number of likely N-dealkylation sites (N-methyl/N-ethyl adjacent to an activating group) is 1. The van der Waals surface area contributed by atoms with E-state index in [-0.39, 0.29) is 11.7 Å². The van der Waals surface area contributed by atoms with Gasteiger partial charge >= 0.3 is 0 Å². The Labute approximate surface area is 222 Å². The Morgan fingerprint density at radius 1 is 1.11 bits per heavy atom. The van der Waals surface area contributed by atoms with E-state index in [2.05, 4.69) is 46.6 Å². The normalized spacial score (nSPS) is 15.8. The summed E-state index contributed by atoms with van der Waals surface area (Å²) in [7, 11) is 1.60. The van der Waals surface area contributed by atoms with E-state index in [1.165, 1.54) is 29.5 Å². The molecule has 0 unspecified atom stereocenters. The van der Waals surface area contributed by atoms with E-state index in [1.807, 2.05) is 37.3 Å². The molecule has 3 aromatic carbocycles. The van der Waals surface area contributed by atoms with Crippen molar-refractivity contribution in [1.82, 2.24) is 4.90 Å². The van der Waals surface area contributed by atoms with E-state index in [0.717, 1.165) is 14.7 Å². The molecule has 1 heterocycles. The summed E-state index contributed by atoms with van der Waals surface area (Å²) in [5, 5.41) is 0.565. The number of benzene rings is 3. The number of aryl methyl sites for hydroxylation is 1. The first-order chi connectivity index (χ1) is 16.9. The molecule has 0 N–H and O–H groups in total. The molecule has 4 rings (SSSR count). The van der Waals surface area contributed by atoms with Crippen LogP contribution in [-0.2, 0) is 11.4 Å². The smallest absolute Gasteiger partial charge is 0.266 e.